The average Bonchev–Trinajstić information content (AvgIpc) is 3.32. The lowest BCUT2D eigenvalue weighted by Gasteiger charge is -2.22. The van der Waals surface area contributed by atoms with Crippen LogP contribution in [0.2, 0.25) is 0 Å². The van der Waals surface area contributed by atoms with E-state index in [9.17, 15) is 19.5 Å². The fourth-order valence-corrected chi connectivity index (χ4v) is 5.49. The molecule has 1 saturated heterocycles. The minimum atomic E-state index is -0.897. The predicted octanol–water partition coefficient (Wildman–Crippen LogP) is 3.83. The highest BCUT2D eigenvalue weighted by Crippen LogP contribution is 2.44. The van der Waals surface area contributed by atoms with Crippen molar-refractivity contribution in [3.05, 3.63) is 59.7 Å². The number of carbonyl (C=O) groups is 3. The number of benzene rings is 2. The summed E-state index contributed by atoms with van der Waals surface area (Å²) in [7, 11) is 0. The van der Waals surface area contributed by atoms with Crippen molar-refractivity contribution in [1.82, 2.24) is 10.2 Å². The molecule has 180 valence electrons. The first-order valence-corrected chi connectivity index (χ1v) is 12.6. The summed E-state index contributed by atoms with van der Waals surface area (Å²) in [6.45, 7) is 4.91. The van der Waals surface area contributed by atoms with E-state index < -0.39 is 17.5 Å². The number of aliphatic carboxylic acids is 1. The number of carboxylic acid groups (broad SMARTS) is 1. The molecule has 1 fully saturated rings. The van der Waals surface area contributed by atoms with Gasteiger partial charge in [0.15, 0.2) is 0 Å². The van der Waals surface area contributed by atoms with Crippen LogP contribution in [0.1, 0.15) is 30.9 Å². The van der Waals surface area contributed by atoms with Crippen LogP contribution in [0.25, 0.3) is 11.1 Å². The maximum Gasteiger partial charge on any atom is 0.407 e. The molecule has 0 saturated carbocycles. The molecule has 2 aromatic carbocycles. The number of nitrogens with zero attached hydrogens (tertiary/aromatic N) is 1. The van der Waals surface area contributed by atoms with Crippen molar-refractivity contribution in [3.8, 4) is 11.1 Å². The van der Waals surface area contributed by atoms with E-state index in [0.29, 0.717) is 18.8 Å². The van der Waals surface area contributed by atoms with Gasteiger partial charge in [0.25, 0.3) is 0 Å². The number of carbonyl (C=O) groups excluding carboxylic acids is 2. The quantitative estimate of drug-likeness (QED) is 0.556. The third-order valence-electron chi connectivity index (χ3n) is 7.03. The molecule has 0 unspecified atom stereocenters. The SMILES string of the molecule is C[C@@H]1CN(C(=O)CSCCNC(=O)OCC2c3ccccc3-c3ccccc32)C[C@@]1(C)C(=O)O. The van der Waals surface area contributed by atoms with Gasteiger partial charge in [-0.2, -0.15) is 11.8 Å². The van der Waals surface area contributed by atoms with Gasteiger partial charge in [-0.3, -0.25) is 9.59 Å². The minimum absolute atomic E-state index is 0.0180. The fourth-order valence-electron chi connectivity index (χ4n) is 4.74. The molecule has 7 nitrogen and oxygen atoms in total. The number of hydrogen-bond acceptors (Lipinski definition) is 5. The van der Waals surface area contributed by atoms with E-state index in [1.807, 2.05) is 31.2 Å². The number of amides is 2. The molecule has 1 aliphatic heterocycles. The lowest BCUT2D eigenvalue weighted by atomic mass is 9.81. The van der Waals surface area contributed by atoms with Gasteiger partial charge < -0.3 is 20.1 Å². The second kappa shape index (κ2) is 10.1. The largest absolute Gasteiger partial charge is 0.481 e. The van der Waals surface area contributed by atoms with Gasteiger partial charge in [-0.1, -0.05) is 55.5 Å². The summed E-state index contributed by atoms with van der Waals surface area (Å²) in [5.74, 6) is -0.179. The van der Waals surface area contributed by atoms with Crippen LogP contribution in [0.5, 0.6) is 0 Å². The molecule has 2 aromatic rings. The van der Waals surface area contributed by atoms with Crippen LogP contribution < -0.4 is 5.32 Å². The fraction of sp³-hybridized carbons (Fsp3) is 0.423. The molecule has 0 spiro atoms. The Morgan fingerprint density at radius 1 is 1.12 bits per heavy atom. The Hall–Kier alpha value is -3.00. The molecule has 4 rings (SSSR count). The van der Waals surface area contributed by atoms with Crippen LogP contribution in [-0.2, 0) is 14.3 Å². The van der Waals surface area contributed by atoms with Crippen molar-refractivity contribution in [3.63, 3.8) is 0 Å². The van der Waals surface area contributed by atoms with Crippen molar-refractivity contribution in [1.29, 1.82) is 0 Å². The van der Waals surface area contributed by atoms with E-state index in [2.05, 4.69) is 29.6 Å². The number of hydrogen-bond donors (Lipinski definition) is 2. The van der Waals surface area contributed by atoms with E-state index in [1.165, 1.54) is 34.0 Å². The van der Waals surface area contributed by atoms with Gasteiger partial charge in [0.2, 0.25) is 5.91 Å². The molecule has 8 heteroatoms. The second-order valence-corrected chi connectivity index (χ2v) is 10.3. The van der Waals surface area contributed by atoms with Gasteiger partial charge >= 0.3 is 12.1 Å². The van der Waals surface area contributed by atoms with Gasteiger partial charge in [0.1, 0.15) is 6.61 Å². The molecule has 34 heavy (non-hydrogen) atoms. The van der Waals surface area contributed by atoms with Crippen LogP contribution in [0, 0.1) is 11.3 Å². The number of nitrogens with one attached hydrogen (secondary N) is 1. The summed E-state index contributed by atoms with van der Waals surface area (Å²) < 4.78 is 5.52. The zero-order valence-electron chi connectivity index (χ0n) is 19.5. The summed E-state index contributed by atoms with van der Waals surface area (Å²) in [4.78, 5) is 37.8. The monoisotopic (exact) mass is 482 g/mol. The average molecular weight is 483 g/mol. The molecular weight excluding hydrogens is 452 g/mol. The van der Waals surface area contributed by atoms with Crippen LogP contribution >= 0.6 is 11.8 Å². The maximum absolute atomic E-state index is 12.4. The predicted molar refractivity (Wildman–Crippen MR) is 132 cm³/mol. The van der Waals surface area contributed by atoms with Crippen molar-refractivity contribution in [2.75, 3.05) is 37.7 Å². The highest BCUT2D eigenvalue weighted by Gasteiger charge is 2.47. The number of likely N-dealkylation sites (tertiary alicyclic amines) is 1. The molecule has 2 amide bonds. The number of ether oxygens (including phenoxy) is 1. The zero-order valence-corrected chi connectivity index (χ0v) is 20.3. The van der Waals surface area contributed by atoms with Gasteiger partial charge in [-0.25, -0.2) is 4.79 Å². The van der Waals surface area contributed by atoms with Gasteiger partial charge in [0.05, 0.1) is 11.2 Å². The number of fused-ring (bicyclic) bond motifs is 3. The van der Waals surface area contributed by atoms with E-state index in [4.69, 9.17) is 4.74 Å². The van der Waals surface area contributed by atoms with Gasteiger partial charge in [0, 0.05) is 31.3 Å². The third-order valence-corrected chi connectivity index (χ3v) is 7.97. The lowest BCUT2D eigenvalue weighted by Crippen LogP contribution is -2.37. The first-order valence-electron chi connectivity index (χ1n) is 11.5. The topological polar surface area (TPSA) is 95.9 Å². The smallest absolute Gasteiger partial charge is 0.407 e. The Morgan fingerprint density at radius 3 is 2.32 bits per heavy atom. The highest BCUT2D eigenvalue weighted by molar-refractivity contribution is 7.99. The van der Waals surface area contributed by atoms with Crippen LogP contribution in [0.4, 0.5) is 4.79 Å². The van der Waals surface area contributed by atoms with E-state index in [1.54, 1.807) is 11.8 Å². The Kier molecular flexibility index (Phi) is 7.16. The summed E-state index contributed by atoms with van der Waals surface area (Å²) in [5, 5.41) is 12.2. The highest BCUT2D eigenvalue weighted by atomic mass is 32.2. The van der Waals surface area contributed by atoms with Gasteiger partial charge in [-0.15, -0.1) is 0 Å². The summed E-state index contributed by atoms with van der Waals surface area (Å²) >= 11 is 1.42. The van der Waals surface area contributed by atoms with Crippen molar-refractivity contribution < 1.29 is 24.2 Å². The Bertz CT molecular complexity index is 1040. The number of alkyl carbamates (subject to hydrolysis) is 1. The van der Waals surface area contributed by atoms with E-state index in [-0.39, 0.29) is 36.6 Å². The molecule has 2 aliphatic rings. The number of rotatable bonds is 8. The van der Waals surface area contributed by atoms with Crippen molar-refractivity contribution in [2.45, 2.75) is 19.8 Å². The normalized spacial score (nSPS) is 21.1. The Balaban J connectivity index is 1.18. The minimum Gasteiger partial charge on any atom is -0.481 e. The van der Waals surface area contributed by atoms with Crippen LogP contribution in [0.15, 0.2) is 48.5 Å². The molecule has 1 aliphatic carbocycles. The summed E-state index contributed by atoms with van der Waals surface area (Å²) in [5.41, 5.74) is 3.81. The van der Waals surface area contributed by atoms with Crippen molar-refractivity contribution in [2.24, 2.45) is 11.3 Å². The molecule has 0 aromatic heterocycles. The maximum atomic E-state index is 12.4. The van der Waals surface area contributed by atoms with Crippen LogP contribution in [0.3, 0.4) is 0 Å². The first kappa shape index (κ1) is 24.1. The number of thioether (sulfide) groups is 1. The standard InChI is InChI=1S/C26H30N2O5S/c1-17-13-28(16-26(17,2)24(30)31)23(29)15-34-12-11-27-25(32)33-14-22-20-9-5-3-7-18(20)19-8-4-6-10-21(19)22/h3-10,17,22H,11-16H2,1-2H3,(H,27,32)(H,30,31)/t17-,26-/m1/s1. The van der Waals surface area contributed by atoms with E-state index >= 15 is 0 Å². The lowest BCUT2D eigenvalue weighted by molar-refractivity contribution is -0.149. The molecule has 1 heterocycles. The number of carboxylic acids is 1. The molecule has 2 atom stereocenters. The molecule has 0 radical (unpaired) electrons. The summed E-state index contributed by atoms with van der Waals surface area (Å²) in [6, 6.07) is 16.4. The molecular formula is C26H30N2O5S. The first-order chi connectivity index (χ1) is 16.3. The van der Waals surface area contributed by atoms with Crippen LogP contribution in [-0.4, -0.2) is 65.7 Å². The van der Waals surface area contributed by atoms with E-state index in [0.717, 1.165) is 0 Å². The Labute approximate surface area is 203 Å². The zero-order chi connectivity index (χ0) is 24.3. The second-order valence-electron chi connectivity index (χ2n) is 9.20. The third kappa shape index (κ3) is 4.78. The van der Waals surface area contributed by atoms with Crippen molar-refractivity contribution >= 4 is 29.7 Å². The van der Waals surface area contributed by atoms with Gasteiger partial charge in [-0.05, 0) is 35.1 Å². The molecule has 0 bridgehead atoms. The summed E-state index contributed by atoms with van der Waals surface area (Å²) in [6.07, 6.45) is -0.473. The molecule has 2 N–H and O–H groups in total. The Morgan fingerprint density at radius 2 is 1.74 bits per heavy atom.